The maximum atomic E-state index is 13.3. The van der Waals surface area contributed by atoms with E-state index in [9.17, 15) is 19.2 Å². The lowest BCUT2D eigenvalue weighted by Crippen LogP contribution is -2.48. The zero-order valence-corrected chi connectivity index (χ0v) is 14.6. The van der Waals surface area contributed by atoms with Gasteiger partial charge in [-0.05, 0) is 11.1 Å². The molecule has 0 spiro atoms. The maximum absolute atomic E-state index is 13.3. The molecule has 134 valence electrons. The molecule has 0 aliphatic heterocycles. The van der Waals surface area contributed by atoms with Crippen LogP contribution < -0.4 is 0 Å². The van der Waals surface area contributed by atoms with Crippen molar-refractivity contribution in [2.45, 2.75) is 5.41 Å². The summed E-state index contributed by atoms with van der Waals surface area (Å²) in [7, 11) is 2.24. The summed E-state index contributed by atoms with van der Waals surface area (Å²) in [6.45, 7) is 0. The molecule has 6 heteroatoms. The van der Waals surface area contributed by atoms with Gasteiger partial charge in [-0.1, -0.05) is 48.5 Å². The van der Waals surface area contributed by atoms with Gasteiger partial charge in [-0.3, -0.25) is 19.2 Å². The summed E-state index contributed by atoms with van der Waals surface area (Å²) < 4.78 is 9.80. The third kappa shape index (κ3) is 1.89. The van der Waals surface area contributed by atoms with Crippen LogP contribution in [0, 0.1) is 0 Å². The van der Waals surface area contributed by atoms with E-state index in [0.717, 1.165) is 14.2 Å². The topological polar surface area (TPSA) is 86.7 Å². The van der Waals surface area contributed by atoms with Gasteiger partial charge in [0, 0.05) is 22.3 Å². The largest absolute Gasteiger partial charge is 0.468 e. The summed E-state index contributed by atoms with van der Waals surface area (Å²) >= 11 is 0. The van der Waals surface area contributed by atoms with E-state index in [0.29, 0.717) is 5.56 Å². The zero-order chi connectivity index (χ0) is 19.3. The number of carbonyl (C=O) groups excluding carboxylic acids is 4. The molecule has 0 saturated carbocycles. The second-order valence-electron chi connectivity index (χ2n) is 6.23. The van der Waals surface area contributed by atoms with Crippen LogP contribution in [0.5, 0.6) is 0 Å². The molecule has 0 heterocycles. The van der Waals surface area contributed by atoms with Crippen LogP contribution in [0.3, 0.4) is 0 Å². The first-order chi connectivity index (χ1) is 13.0. The van der Waals surface area contributed by atoms with Crippen LogP contribution in [0.25, 0.3) is 5.57 Å². The highest BCUT2D eigenvalue weighted by Gasteiger charge is 2.63. The van der Waals surface area contributed by atoms with Crippen molar-refractivity contribution >= 4 is 29.1 Å². The number of methoxy groups -OCH3 is 2. The first-order valence-corrected chi connectivity index (χ1v) is 8.20. The molecule has 2 aromatic rings. The number of ether oxygens (including phenoxy) is 2. The molecule has 0 amide bonds. The van der Waals surface area contributed by atoms with Gasteiger partial charge in [0.25, 0.3) is 0 Å². The number of benzene rings is 2. The van der Waals surface area contributed by atoms with E-state index < -0.39 is 28.9 Å². The molecular weight excluding hydrogens is 348 g/mol. The Morgan fingerprint density at radius 2 is 1.22 bits per heavy atom. The van der Waals surface area contributed by atoms with E-state index in [4.69, 9.17) is 9.47 Å². The van der Waals surface area contributed by atoms with Crippen molar-refractivity contribution in [3.8, 4) is 0 Å². The van der Waals surface area contributed by atoms with E-state index >= 15 is 0 Å². The van der Waals surface area contributed by atoms with E-state index in [1.165, 1.54) is 12.1 Å². The van der Waals surface area contributed by atoms with Crippen molar-refractivity contribution in [1.82, 2.24) is 0 Å². The molecule has 2 aliphatic carbocycles. The number of carbonyl (C=O) groups is 4. The van der Waals surface area contributed by atoms with Gasteiger partial charge >= 0.3 is 11.9 Å². The van der Waals surface area contributed by atoms with Gasteiger partial charge in [-0.2, -0.15) is 0 Å². The second kappa shape index (κ2) is 5.74. The van der Waals surface area contributed by atoms with Crippen molar-refractivity contribution in [3.63, 3.8) is 0 Å². The molecule has 0 atom stereocenters. The fourth-order valence-corrected chi connectivity index (χ4v) is 3.97. The molecule has 0 bridgehead atoms. The van der Waals surface area contributed by atoms with Crippen LogP contribution in [-0.4, -0.2) is 37.7 Å². The maximum Gasteiger partial charge on any atom is 0.332 e. The van der Waals surface area contributed by atoms with Gasteiger partial charge in [0.05, 0.1) is 14.2 Å². The van der Waals surface area contributed by atoms with Crippen LogP contribution in [0.2, 0.25) is 0 Å². The van der Waals surface area contributed by atoms with Gasteiger partial charge in [-0.15, -0.1) is 0 Å². The monoisotopic (exact) mass is 362 g/mol. The molecule has 0 unspecified atom stereocenters. The molecule has 6 nitrogen and oxygen atoms in total. The number of allylic oxidation sites excluding steroid dienone is 1. The van der Waals surface area contributed by atoms with E-state index in [1.807, 2.05) is 0 Å². The Morgan fingerprint density at radius 1 is 0.741 bits per heavy atom. The molecular formula is C21H14O6. The van der Waals surface area contributed by atoms with Crippen LogP contribution in [0.4, 0.5) is 0 Å². The van der Waals surface area contributed by atoms with E-state index in [1.54, 1.807) is 36.4 Å². The average molecular weight is 362 g/mol. The Morgan fingerprint density at radius 3 is 1.78 bits per heavy atom. The Balaban J connectivity index is 2.16. The Labute approximate surface area is 154 Å². The minimum Gasteiger partial charge on any atom is -0.468 e. The average Bonchev–Trinajstić information content (AvgIpc) is 3.03. The van der Waals surface area contributed by atoms with E-state index in [-0.39, 0.29) is 27.8 Å². The molecule has 0 aromatic heterocycles. The third-order valence-electron chi connectivity index (χ3n) is 5.08. The van der Waals surface area contributed by atoms with Crippen molar-refractivity contribution in [3.05, 3.63) is 76.4 Å². The van der Waals surface area contributed by atoms with E-state index in [2.05, 4.69) is 0 Å². The van der Waals surface area contributed by atoms with Crippen LogP contribution in [-0.2, 0) is 24.5 Å². The Kier molecular flexibility index (Phi) is 3.59. The minimum atomic E-state index is -2.13. The molecule has 2 aromatic carbocycles. The van der Waals surface area contributed by atoms with Gasteiger partial charge in [0.1, 0.15) is 0 Å². The van der Waals surface area contributed by atoms with Gasteiger partial charge < -0.3 is 9.47 Å². The molecule has 0 N–H and O–H groups in total. The van der Waals surface area contributed by atoms with Crippen LogP contribution in [0.1, 0.15) is 31.8 Å². The quantitative estimate of drug-likeness (QED) is 0.601. The lowest BCUT2D eigenvalue weighted by atomic mass is 9.72. The Bertz CT molecular complexity index is 1060. The summed E-state index contributed by atoms with van der Waals surface area (Å²) in [6, 6.07) is 12.8. The number of esters is 2. The number of hydrogen-bond donors (Lipinski definition) is 0. The van der Waals surface area contributed by atoms with Crippen LogP contribution in [0.15, 0.2) is 54.1 Å². The molecule has 27 heavy (non-hydrogen) atoms. The number of rotatable bonds is 2. The number of ketones is 2. The van der Waals surface area contributed by atoms with Crippen molar-refractivity contribution in [2.24, 2.45) is 0 Å². The summed E-state index contributed by atoms with van der Waals surface area (Å²) in [4.78, 5) is 52.3. The summed E-state index contributed by atoms with van der Waals surface area (Å²) in [5, 5.41) is 0. The smallest absolute Gasteiger partial charge is 0.332 e. The summed E-state index contributed by atoms with van der Waals surface area (Å²) in [5.41, 5.74) is -1.33. The van der Waals surface area contributed by atoms with Crippen molar-refractivity contribution in [1.29, 1.82) is 0 Å². The molecule has 0 saturated heterocycles. The normalized spacial score (nSPS) is 16.4. The Hall–Kier alpha value is -3.54. The summed E-state index contributed by atoms with van der Waals surface area (Å²) in [5.74, 6) is -2.91. The first-order valence-electron chi connectivity index (χ1n) is 8.20. The lowest BCUT2D eigenvalue weighted by Gasteiger charge is -2.28. The molecule has 0 fully saturated rings. The number of fused-ring (bicyclic) bond motifs is 3. The molecule has 2 aliphatic rings. The predicted molar refractivity (Wildman–Crippen MR) is 94.2 cm³/mol. The lowest BCUT2D eigenvalue weighted by molar-refractivity contribution is -0.159. The van der Waals surface area contributed by atoms with Crippen molar-refractivity contribution < 1.29 is 28.7 Å². The van der Waals surface area contributed by atoms with Crippen molar-refractivity contribution in [2.75, 3.05) is 14.2 Å². The zero-order valence-electron chi connectivity index (χ0n) is 14.6. The number of hydrogen-bond acceptors (Lipinski definition) is 6. The first kappa shape index (κ1) is 16.9. The molecule has 0 radical (unpaired) electrons. The second-order valence-corrected chi connectivity index (χ2v) is 6.23. The van der Waals surface area contributed by atoms with Gasteiger partial charge in [0.15, 0.2) is 11.6 Å². The van der Waals surface area contributed by atoms with Gasteiger partial charge in [-0.25, -0.2) is 0 Å². The molecule has 4 rings (SSSR count). The summed E-state index contributed by atoms with van der Waals surface area (Å²) in [6.07, 6.45) is 0. The minimum absolute atomic E-state index is 0.0464. The SMILES string of the molecule is COC(=O)C1(C(=O)OC)C2=C(C(=O)c3ccccc3C2=O)c2ccccc21. The van der Waals surface area contributed by atoms with Crippen LogP contribution >= 0.6 is 0 Å². The predicted octanol–water partition coefficient (Wildman–Crippen LogP) is 2.12. The highest BCUT2D eigenvalue weighted by molar-refractivity contribution is 6.45. The van der Waals surface area contributed by atoms with Gasteiger partial charge in [0.2, 0.25) is 5.41 Å². The fraction of sp³-hybridized carbons (Fsp3) is 0.143. The highest BCUT2D eigenvalue weighted by atomic mass is 16.5. The standard InChI is InChI=1S/C21H14O6/c1-26-19(24)21(20(25)27-2)14-10-6-5-9-13(14)15-16(21)18(23)12-8-4-3-7-11(12)17(15)22/h3-10H,1-2H3. The number of Topliss-reactive ketones (excluding diaryl/α,β-unsaturated/α-hetero) is 2. The highest BCUT2D eigenvalue weighted by Crippen LogP contribution is 2.52. The third-order valence-corrected chi connectivity index (χ3v) is 5.08. The fourth-order valence-electron chi connectivity index (χ4n) is 3.97.